The number of rotatable bonds is 2. The van der Waals surface area contributed by atoms with Gasteiger partial charge in [0.15, 0.2) is 0 Å². The van der Waals surface area contributed by atoms with Crippen LogP contribution in [0.4, 0.5) is 0 Å². The summed E-state index contributed by atoms with van der Waals surface area (Å²) in [7, 11) is 0. The largest absolute Gasteiger partial charge is 0.381 e. The molecule has 4 nitrogen and oxygen atoms in total. The molecular formula is C10H10Cl2N2O2. The van der Waals surface area contributed by atoms with E-state index in [9.17, 15) is 4.79 Å². The summed E-state index contributed by atoms with van der Waals surface area (Å²) in [6.45, 7) is 1.42. The molecule has 86 valence electrons. The Balaban J connectivity index is 2.23. The number of hydrogen-bond acceptors (Lipinski definition) is 4. The SMILES string of the molecule is O=C(Cl)c1cnc(C2CCOCC2)nc1Cl. The van der Waals surface area contributed by atoms with Crippen LogP contribution in [-0.2, 0) is 4.74 Å². The maximum absolute atomic E-state index is 10.9. The Hall–Kier alpha value is -0.710. The van der Waals surface area contributed by atoms with Crippen LogP contribution in [0.2, 0.25) is 5.15 Å². The number of aromatic nitrogens is 2. The minimum atomic E-state index is -0.636. The number of nitrogens with zero attached hydrogens (tertiary/aromatic N) is 2. The maximum atomic E-state index is 10.9. The van der Waals surface area contributed by atoms with Crippen molar-refractivity contribution >= 4 is 28.4 Å². The van der Waals surface area contributed by atoms with Crippen molar-refractivity contribution in [3.8, 4) is 0 Å². The predicted molar refractivity (Wildman–Crippen MR) is 60.0 cm³/mol. The lowest BCUT2D eigenvalue weighted by Gasteiger charge is -2.20. The van der Waals surface area contributed by atoms with Gasteiger partial charge in [0.2, 0.25) is 0 Å². The van der Waals surface area contributed by atoms with E-state index in [1.807, 2.05) is 0 Å². The fourth-order valence-electron chi connectivity index (χ4n) is 1.66. The maximum Gasteiger partial charge on any atom is 0.257 e. The van der Waals surface area contributed by atoms with Gasteiger partial charge in [-0.05, 0) is 24.4 Å². The Morgan fingerprint density at radius 2 is 2.12 bits per heavy atom. The highest BCUT2D eigenvalue weighted by molar-refractivity contribution is 6.68. The molecule has 0 bridgehead atoms. The highest BCUT2D eigenvalue weighted by atomic mass is 35.5. The molecule has 0 spiro atoms. The fraction of sp³-hybridized carbons (Fsp3) is 0.500. The molecule has 0 aliphatic carbocycles. The summed E-state index contributed by atoms with van der Waals surface area (Å²) in [4.78, 5) is 19.2. The molecule has 0 N–H and O–H groups in total. The lowest BCUT2D eigenvalue weighted by atomic mass is 9.99. The highest BCUT2D eigenvalue weighted by Gasteiger charge is 2.20. The van der Waals surface area contributed by atoms with E-state index in [1.54, 1.807) is 0 Å². The van der Waals surface area contributed by atoms with Crippen molar-refractivity contribution in [3.05, 3.63) is 22.7 Å². The average Bonchev–Trinajstić information content (AvgIpc) is 2.29. The van der Waals surface area contributed by atoms with Crippen LogP contribution in [0.25, 0.3) is 0 Å². The van der Waals surface area contributed by atoms with Gasteiger partial charge in [-0.3, -0.25) is 4.79 Å². The zero-order chi connectivity index (χ0) is 11.5. The van der Waals surface area contributed by atoms with Gasteiger partial charge < -0.3 is 4.74 Å². The summed E-state index contributed by atoms with van der Waals surface area (Å²) in [6, 6.07) is 0. The summed E-state index contributed by atoms with van der Waals surface area (Å²) in [5.41, 5.74) is 0.152. The van der Waals surface area contributed by atoms with Crippen molar-refractivity contribution in [1.82, 2.24) is 9.97 Å². The summed E-state index contributed by atoms with van der Waals surface area (Å²) < 4.78 is 5.25. The van der Waals surface area contributed by atoms with Gasteiger partial charge in [-0.15, -0.1) is 0 Å². The van der Waals surface area contributed by atoms with Crippen LogP contribution in [0.3, 0.4) is 0 Å². The number of hydrogen-bond donors (Lipinski definition) is 0. The molecule has 1 aromatic rings. The fourth-order valence-corrected chi connectivity index (χ4v) is 2.07. The first-order valence-electron chi connectivity index (χ1n) is 4.98. The Morgan fingerprint density at radius 1 is 1.44 bits per heavy atom. The summed E-state index contributed by atoms with van der Waals surface area (Å²) in [5, 5.41) is -0.514. The third-order valence-electron chi connectivity index (χ3n) is 2.56. The van der Waals surface area contributed by atoms with Crippen LogP contribution in [0, 0.1) is 0 Å². The molecular weight excluding hydrogens is 251 g/mol. The quantitative estimate of drug-likeness (QED) is 0.606. The first kappa shape index (κ1) is 11.8. The molecule has 0 saturated carbocycles. The third-order valence-corrected chi connectivity index (χ3v) is 3.05. The second kappa shape index (κ2) is 5.08. The number of ether oxygens (including phenoxy) is 1. The van der Waals surface area contributed by atoms with E-state index in [1.165, 1.54) is 6.20 Å². The zero-order valence-corrected chi connectivity index (χ0v) is 9.96. The molecule has 0 aromatic carbocycles. The number of halogens is 2. The van der Waals surface area contributed by atoms with Gasteiger partial charge in [-0.25, -0.2) is 9.97 Å². The smallest absolute Gasteiger partial charge is 0.257 e. The molecule has 0 radical (unpaired) electrons. The Morgan fingerprint density at radius 3 is 2.69 bits per heavy atom. The molecule has 0 atom stereocenters. The van der Waals surface area contributed by atoms with Gasteiger partial charge in [0.05, 0.1) is 5.56 Å². The van der Waals surface area contributed by atoms with Crippen molar-refractivity contribution in [2.24, 2.45) is 0 Å². The Kier molecular flexibility index (Phi) is 3.74. The molecule has 16 heavy (non-hydrogen) atoms. The molecule has 0 unspecified atom stereocenters. The minimum absolute atomic E-state index is 0.122. The van der Waals surface area contributed by atoms with Gasteiger partial charge in [0, 0.05) is 25.3 Å². The van der Waals surface area contributed by atoms with Crippen molar-refractivity contribution < 1.29 is 9.53 Å². The van der Waals surface area contributed by atoms with Gasteiger partial charge in [-0.2, -0.15) is 0 Å². The van der Waals surface area contributed by atoms with E-state index in [2.05, 4.69) is 9.97 Å². The van der Waals surface area contributed by atoms with Crippen LogP contribution in [0.1, 0.15) is 34.9 Å². The summed E-state index contributed by atoms with van der Waals surface area (Å²) in [5.74, 6) is 0.917. The second-order valence-corrected chi connectivity index (χ2v) is 4.29. The highest BCUT2D eigenvalue weighted by Crippen LogP contribution is 2.25. The number of carbonyl (C=O) groups is 1. The van der Waals surface area contributed by atoms with Crippen LogP contribution >= 0.6 is 23.2 Å². The van der Waals surface area contributed by atoms with E-state index in [0.717, 1.165) is 12.8 Å². The zero-order valence-electron chi connectivity index (χ0n) is 8.45. The Bertz CT molecular complexity index is 406. The second-order valence-electron chi connectivity index (χ2n) is 3.59. The van der Waals surface area contributed by atoms with E-state index in [0.29, 0.717) is 19.0 Å². The Labute approximate surface area is 103 Å². The van der Waals surface area contributed by atoms with Gasteiger partial charge in [-0.1, -0.05) is 11.6 Å². The molecule has 6 heteroatoms. The normalized spacial score (nSPS) is 17.4. The third kappa shape index (κ3) is 2.51. The van der Waals surface area contributed by atoms with Gasteiger partial charge >= 0.3 is 0 Å². The minimum Gasteiger partial charge on any atom is -0.381 e. The summed E-state index contributed by atoms with van der Waals surface area (Å²) in [6.07, 6.45) is 3.14. The van der Waals surface area contributed by atoms with Gasteiger partial charge in [0.1, 0.15) is 11.0 Å². The first-order chi connectivity index (χ1) is 7.68. The molecule has 2 heterocycles. The molecule has 2 rings (SSSR count). The van der Waals surface area contributed by atoms with E-state index >= 15 is 0 Å². The van der Waals surface area contributed by atoms with Crippen LogP contribution in [0.5, 0.6) is 0 Å². The predicted octanol–water partition coefficient (Wildman–Crippen LogP) is 2.40. The summed E-state index contributed by atoms with van der Waals surface area (Å²) >= 11 is 11.2. The van der Waals surface area contributed by atoms with E-state index in [-0.39, 0.29) is 16.6 Å². The van der Waals surface area contributed by atoms with Crippen molar-refractivity contribution in [2.45, 2.75) is 18.8 Å². The van der Waals surface area contributed by atoms with Crippen molar-refractivity contribution in [2.75, 3.05) is 13.2 Å². The number of carbonyl (C=O) groups excluding carboxylic acids is 1. The topological polar surface area (TPSA) is 52.1 Å². The first-order valence-corrected chi connectivity index (χ1v) is 5.74. The van der Waals surface area contributed by atoms with Crippen molar-refractivity contribution in [1.29, 1.82) is 0 Å². The standard InChI is InChI=1S/C10H10Cl2N2O2/c11-8-7(9(12)15)5-13-10(14-8)6-1-3-16-4-2-6/h5-6H,1-4H2. The van der Waals surface area contributed by atoms with Crippen LogP contribution in [0.15, 0.2) is 6.20 Å². The molecule has 1 aliphatic rings. The molecule has 1 aliphatic heterocycles. The molecule has 0 amide bonds. The monoisotopic (exact) mass is 260 g/mol. The molecule has 1 aromatic heterocycles. The average molecular weight is 261 g/mol. The van der Waals surface area contributed by atoms with Crippen LogP contribution < -0.4 is 0 Å². The molecule has 1 fully saturated rings. The van der Waals surface area contributed by atoms with Gasteiger partial charge in [0.25, 0.3) is 5.24 Å². The molecule has 1 saturated heterocycles. The lowest BCUT2D eigenvalue weighted by molar-refractivity contribution is 0.0835. The van der Waals surface area contributed by atoms with Crippen LogP contribution in [-0.4, -0.2) is 28.4 Å². The van der Waals surface area contributed by atoms with Crippen molar-refractivity contribution in [3.63, 3.8) is 0 Å². The van der Waals surface area contributed by atoms with E-state index < -0.39 is 5.24 Å². The lowest BCUT2D eigenvalue weighted by Crippen LogP contribution is -2.16. The van der Waals surface area contributed by atoms with E-state index in [4.69, 9.17) is 27.9 Å².